The number of ether oxygens (including phenoxy) is 1. The van der Waals surface area contributed by atoms with Crippen LogP contribution in [0.3, 0.4) is 0 Å². The molecule has 6 heteroatoms. The molecule has 0 radical (unpaired) electrons. The zero-order valence-electron chi connectivity index (χ0n) is 12.6. The number of hydrogen-bond donors (Lipinski definition) is 3. The van der Waals surface area contributed by atoms with Gasteiger partial charge in [0.25, 0.3) is 0 Å². The van der Waals surface area contributed by atoms with E-state index in [0.717, 1.165) is 6.29 Å². The van der Waals surface area contributed by atoms with Crippen LogP contribution in [0.1, 0.15) is 23.7 Å². The SMILES string of the molecule is COC(=O)CC(Nc1ccc(C=O)cc1)C(O)/C=C/C(C)O. The van der Waals surface area contributed by atoms with E-state index in [-0.39, 0.29) is 6.42 Å². The molecule has 6 nitrogen and oxygen atoms in total. The summed E-state index contributed by atoms with van der Waals surface area (Å²) in [4.78, 5) is 22.1. The van der Waals surface area contributed by atoms with Gasteiger partial charge in [-0.2, -0.15) is 0 Å². The lowest BCUT2D eigenvalue weighted by molar-refractivity contribution is -0.141. The topological polar surface area (TPSA) is 95.9 Å². The fourth-order valence-corrected chi connectivity index (χ4v) is 1.80. The molecule has 1 aromatic rings. The van der Waals surface area contributed by atoms with E-state index in [0.29, 0.717) is 11.3 Å². The molecule has 0 spiro atoms. The second kappa shape index (κ2) is 8.96. The van der Waals surface area contributed by atoms with Crippen molar-refractivity contribution in [3.8, 4) is 0 Å². The van der Waals surface area contributed by atoms with Gasteiger partial charge in [-0.3, -0.25) is 9.59 Å². The molecule has 1 aromatic carbocycles. The highest BCUT2D eigenvalue weighted by atomic mass is 16.5. The Balaban J connectivity index is 2.83. The van der Waals surface area contributed by atoms with Crippen LogP contribution in [0, 0.1) is 0 Å². The molecule has 0 saturated heterocycles. The molecule has 0 aromatic heterocycles. The summed E-state index contributed by atoms with van der Waals surface area (Å²) in [7, 11) is 1.27. The average molecular weight is 307 g/mol. The maximum atomic E-state index is 11.5. The summed E-state index contributed by atoms with van der Waals surface area (Å²) in [6, 6.07) is 5.99. The molecule has 3 N–H and O–H groups in total. The number of nitrogens with one attached hydrogen (secondary N) is 1. The average Bonchev–Trinajstić information content (AvgIpc) is 2.52. The largest absolute Gasteiger partial charge is 0.469 e. The number of aliphatic hydroxyl groups is 2. The Morgan fingerprint density at radius 3 is 2.41 bits per heavy atom. The van der Waals surface area contributed by atoms with E-state index in [1.165, 1.54) is 19.3 Å². The fourth-order valence-electron chi connectivity index (χ4n) is 1.80. The van der Waals surface area contributed by atoms with Crippen LogP contribution in [-0.2, 0) is 9.53 Å². The molecular formula is C16H21NO5. The van der Waals surface area contributed by atoms with Crippen molar-refractivity contribution in [3.05, 3.63) is 42.0 Å². The lowest BCUT2D eigenvalue weighted by atomic mass is 10.1. The molecule has 3 unspecified atom stereocenters. The number of carbonyl (C=O) groups excluding carboxylic acids is 2. The summed E-state index contributed by atoms with van der Waals surface area (Å²) in [6.07, 6.45) is 1.87. The fraction of sp³-hybridized carbons (Fsp3) is 0.375. The predicted octanol–water partition coefficient (Wildman–Crippen LogP) is 1.14. The number of anilines is 1. The Labute approximate surface area is 129 Å². The van der Waals surface area contributed by atoms with Crippen molar-refractivity contribution in [3.63, 3.8) is 0 Å². The van der Waals surface area contributed by atoms with Crippen molar-refractivity contribution in [2.75, 3.05) is 12.4 Å². The van der Waals surface area contributed by atoms with E-state index in [4.69, 9.17) is 0 Å². The zero-order chi connectivity index (χ0) is 16.5. The van der Waals surface area contributed by atoms with E-state index in [1.807, 2.05) is 0 Å². The van der Waals surface area contributed by atoms with Crippen molar-refractivity contribution in [1.29, 1.82) is 0 Å². The number of esters is 1. The smallest absolute Gasteiger partial charge is 0.307 e. The van der Waals surface area contributed by atoms with Gasteiger partial charge in [-0.25, -0.2) is 0 Å². The summed E-state index contributed by atoms with van der Waals surface area (Å²) >= 11 is 0. The molecule has 22 heavy (non-hydrogen) atoms. The van der Waals surface area contributed by atoms with E-state index < -0.39 is 24.2 Å². The minimum atomic E-state index is -0.987. The number of carbonyl (C=O) groups is 2. The first-order valence-corrected chi connectivity index (χ1v) is 6.89. The van der Waals surface area contributed by atoms with Crippen LogP contribution < -0.4 is 5.32 Å². The highest BCUT2D eigenvalue weighted by molar-refractivity contribution is 5.76. The van der Waals surface area contributed by atoms with Gasteiger partial charge in [0.05, 0.1) is 31.8 Å². The minimum Gasteiger partial charge on any atom is -0.469 e. The standard InChI is InChI=1S/C16H21NO5/c1-11(19)3-8-15(20)14(9-16(21)22-2)17-13-6-4-12(10-18)5-7-13/h3-8,10-11,14-15,17,19-20H,9H2,1-2H3/b8-3+. The number of benzene rings is 1. The lowest BCUT2D eigenvalue weighted by Crippen LogP contribution is -2.35. The number of aliphatic hydroxyl groups excluding tert-OH is 2. The van der Waals surface area contributed by atoms with Gasteiger partial charge in [-0.1, -0.05) is 12.2 Å². The summed E-state index contributed by atoms with van der Waals surface area (Å²) in [5.74, 6) is -0.466. The van der Waals surface area contributed by atoms with Gasteiger partial charge in [0.1, 0.15) is 6.29 Å². The third-order valence-electron chi connectivity index (χ3n) is 3.01. The highest BCUT2D eigenvalue weighted by Gasteiger charge is 2.21. The third kappa shape index (κ3) is 6.07. The summed E-state index contributed by atoms with van der Waals surface area (Å²) in [5.41, 5.74) is 1.19. The van der Waals surface area contributed by atoms with Gasteiger partial charge < -0.3 is 20.3 Å². The Morgan fingerprint density at radius 1 is 1.27 bits per heavy atom. The highest BCUT2D eigenvalue weighted by Crippen LogP contribution is 2.14. The van der Waals surface area contributed by atoms with Crippen molar-refractivity contribution in [1.82, 2.24) is 0 Å². The molecule has 0 aliphatic heterocycles. The maximum Gasteiger partial charge on any atom is 0.307 e. The maximum absolute atomic E-state index is 11.5. The normalized spacial score (nSPS) is 15.1. The monoisotopic (exact) mass is 307 g/mol. The molecule has 0 saturated carbocycles. The van der Waals surface area contributed by atoms with Crippen LogP contribution in [-0.4, -0.2) is 47.8 Å². The van der Waals surface area contributed by atoms with E-state index >= 15 is 0 Å². The van der Waals surface area contributed by atoms with Crippen LogP contribution in [0.5, 0.6) is 0 Å². The van der Waals surface area contributed by atoms with Gasteiger partial charge in [0.2, 0.25) is 0 Å². The molecule has 120 valence electrons. The first-order chi connectivity index (χ1) is 10.5. The molecular weight excluding hydrogens is 286 g/mol. The molecule has 1 rings (SSSR count). The van der Waals surface area contributed by atoms with Gasteiger partial charge in [-0.05, 0) is 31.2 Å². The van der Waals surface area contributed by atoms with Gasteiger partial charge in [-0.15, -0.1) is 0 Å². The molecule has 0 amide bonds. The van der Waals surface area contributed by atoms with E-state index in [9.17, 15) is 19.8 Å². The third-order valence-corrected chi connectivity index (χ3v) is 3.01. The Bertz CT molecular complexity index is 510. The van der Waals surface area contributed by atoms with Crippen LogP contribution in [0.25, 0.3) is 0 Å². The van der Waals surface area contributed by atoms with E-state index in [2.05, 4.69) is 10.1 Å². The molecule has 3 atom stereocenters. The van der Waals surface area contributed by atoms with Crippen molar-refractivity contribution in [2.24, 2.45) is 0 Å². The van der Waals surface area contributed by atoms with Crippen LogP contribution >= 0.6 is 0 Å². The van der Waals surface area contributed by atoms with Gasteiger partial charge >= 0.3 is 5.97 Å². The van der Waals surface area contributed by atoms with Crippen LogP contribution in [0.2, 0.25) is 0 Å². The quantitative estimate of drug-likeness (QED) is 0.379. The minimum absolute atomic E-state index is 0.0444. The summed E-state index contributed by atoms with van der Waals surface area (Å²) < 4.78 is 4.62. The van der Waals surface area contributed by atoms with Gasteiger partial charge in [0.15, 0.2) is 0 Å². The zero-order valence-corrected chi connectivity index (χ0v) is 12.6. The Morgan fingerprint density at radius 2 is 1.91 bits per heavy atom. The number of rotatable bonds is 8. The summed E-state index contributed by atoms with van der Waals surface area (Å²) in [5, 5.41) is 22.4. The predicted molar refractivity (Wildman–Crippen MR) is 82.7 cm³/mol. The molecule has 0 bridgehead atoms. The second-order valence-electron chi connectivity index (χ2n) is 4.89. The first-order valence-electron chi connectivity index (χ1n) is 6.89. The molecule has 0 heterocycles. The first kappa shape index (κ1) is 17.9. The number of hydrogen-bond acceptors (Lipinski definition) is 6. The Hall–Kier alpha value is -2.18. The Kier molecular flexibility index (Phi) is 7.28. The van der Waals surface area contributed by atoms with Crippen LogP contribution in [0.15, 0.2) is 36.4 Å². The van der Waals surface area contributed by atoms with Crippen LogP contribution in [0.4, 0.5) is 5.69 Å². The van der Waals surface area contributed by atoms with E-state index in [1.54, 1.807) is 31.2 Å². The second-order valence-corrected chi connectivity index (χ2v) is 4.89. The molecule has 0 fully saturated rings. The van der Waals surface area contributed by atoms with Crippen molar-refractivity contribution >= 4 is 17.9 Å². The number of methoxy groups -OCH3 is 1. The van der Waals surface area contributed by atoms with Crippen molar-refractivity contribution < 1.29 is 24.5 Å². The van der Waals surface area contributed by atoms with Gasteiger partial charge in [0, 0.05) is 11.3 Å². The molecule has 0 aliphatic rings. The lowest BCUT2D eigenvalue weighted by Gasteiger charge is -2.22. The molecule has 0 aliphatic carbocycles. The summed E-state index contributed by atoms with van der Waals surface area (Å²) in [6.45, 7) is 1.56. The van der Waals surface area contributed by atoms with Crippen molar-refractivity contribution in [2.45, 2.75) is 31.6 Å². The number of aldehydes is 1.